The molecule has 0 unspecified atom stereocenters. The van der Waals surface area contributed by atoms with E-state index in [0.29, 0.717) is 0 Å². The molecular weight excluding hydrogens is 226 g/mol. The van der Waals surface area contributed by atoms with E-state index in [0.717, 1.165) is 16.1 Å². The Morgan fingerprint density at radius 1 is 0.882 bits per heavy atom. The standard InChI is InChI=1S/C15H13NS/c17-15(13-7-3-1-4-8-13)11-12-16-14-9-5-2-6-10-14/h1-12,16H/b12-11-. The Labute approximate surface area is 107 Å². The minimum atomic E-state index is 0.828. The molecule has 0 aromatic heterocycles. The molecule has 84 valence electrons. The monoisotopic (exact) mass is 239 g/mol. The van der Waals surface area contributed by atoms with Crippen molar-refractivity contribution in [3.05, 3.63) is 78.5 Å². The molecule has 1 nitrogen and oxygen atoms in total. The highest BCUT2D eigenvalue weighted by molar-refractivity contribution is 7.81. The first kappa shape index (κ1) is 11.6. The lowest BCUT2D eigenvalue weighted by molar-refractivity contribution is 1.58. The Balaban J connectivity index is 1.96. The molecule has 0 amide bonds. The fraction of sp³-hybridized carbons (Fsp3) is 0. The molecule has 0 atom stereocenters. The molecule has 0 fully saturated rings. The summed E-state index contributed by atoms with van der Waals surface area (Å²) in [5.74, 6) is 0. The maximum absolute atomic E-state index is 5.31. The zero-order valence-corrected chi connectivity index (χ0v) is 10.2. The molecule has 17 heavy (non-hydrogen) atoms. The fourth-order valence-electron chi connectivity index (χ4n) is 1.45. The lowest BCUT2D eigenvalue weighted by Gasteiger charge is -2.00. The molecule has 2 rings (SSSR count). The first-order chi connectivity index (χ1) is 8.36. The van der Waals surface area contributed by atoms with Gasteiger partial charge in [0.15, 0.2) is 0 Å². The normalized spacial score (nSPS) is 10.4. The maximum atomic E-state index is 5.31. The van der Waals surface area contributed by atoms with Gasteiger partial charge >= 0.3 is 0 Å². The SMILES string of the molecule is S=C(/C=C\Nc1ccccc1)c1ccccc1. The number of benzene rings is 2. The molecule has 0 heterocycles. The predicted octanol–water partition coefficient (Wildman–Crippen LogP) is 4.03. The molecule has 0 aliphatic carbocycles. The molecule has 0 saturated heterocycles. The number of para-hydroxylation sites is 1. The highest BCUT2D eigenvalue weighted by Crippen LogP contribution is 2.06. The minimum Gasteiger partial charge on any atom is -0.362 e. The Bertz CT molecular complexity index is 503. The number of nitrogens with one attached hydrogen (secondary N) is 1. The van der Waals surface area contributed by atoms with Gasteiger partial charge in [0, 0.05) is 16.8 Å². The van der Waals surface area contributed by atoms with Gasteiger partial charge in [-0.1, -0.05) is 60.7 Å². The third kappa shape index (κ3) is 3.54. The maximum Gasteiger partial charge on any atom is 0.0463 e. The average molecular weight is 239 g/mol. The smallest absolute Gasteiger partial charge is 0.0463 e. The molecule has 0 spiro atoms. The lowest BCUT2D eigenvalue weighted by atomic mass is 10.1. The van der Waals surface area contributed by atoms with Gasteiger partial charge in [0.05, 0.1) is 0 Å². The van der Waals surface area contributed by atoms with E-state index >= 15 is 0 Å². The average Bonchev–Trinajstić information content (AvgIpc) is 2.41. The Morgan fingerprint density at radius 3 is 2.12 bits per heavy atom. The number of allylic oxidation sites excluding steroid dienone is 1. The van der Waals surface area contributed by atoms with Crippen molar-refractivity contribution in [3.63, 3.8) is 0 Å². The van der Waals surface area contributed by atoms with Crippen LogP contribution in [0.25, 0.3) is 0 Å². The van der Waals surface area contributed by atoms with Crippen LogP contribution < -0.4 is 5.32 Å². The van der Waals surface area contributed by atoms with Gasteiger partial charge in [-0.3, -0.25) is 0 Å². The van der Waals surface area contributed by atoms with Crippen LogP contribution in [-0.2, 0) is 0 Å². The van der Waals surface area contributed by atoms with Crippen molar-refractivity contribution in [1.82, 2.24) is 0 Å². The van der Waals surface area contributed by atoms with Crippen LogP contribution in [-0.4, -0.2) is 4.86 Å². The van der Waals surface area contributed by atoms with Crippen molar-refractivity contribution >= 4 is 22.8 Å². The number of hydrogen-bond acceptors (Lipinski definition) is 2. The number of anilines is 1. The van der Waals surface area contributed by atoms with Crippen LogP contribution in [0.4, 0.5) is 5.69 Å². The van der Waals surface area contributed by atoms with Crippen molar-refractivity contribution in [1.29, 1.82) is 0 Å². The molecule has 0 aliphatic rings. The minimum absolute atomic E-state index is 0.828. The van der Waals surface area contributed by atoms with Gasteiger partial charge in [-0.15, -0.1) is 0 Å². The van der Waals surface area contributed by atoms with Crippen LogP contribution in [0.3, 0.4) is 0 Å². The summed E-state index contributed by atoms with van der Waals surface area (Å²) >= 11 is 5.31. The number of thiocarbonyl (C=S) groups is 1. The van der Waals surface area contributed by atoms with Crippen molar-refractivity contribution in [3.8, 4) is 0 Å². The Kier molecular flexibility index (Phi) is 4.05. The zero-order chi connectivity index (χ0) is 11.9. The third-order valence-electron chi connectivity index (χ3n) is 2.32. The van der Waals surface area contributed by atoms with Gasteiger partial charge in [0.25, 0.3) is 0 Å². The second-order valence-corrected chi connectivity index (χ2v) is 4.01. The van der Waals surface area contributed by atoms with E-state index in [1.807, 2.05) is 72.9 Å². The van der Waals surface area contributed by atoms with Crippen molar-refractivity contribution in [2.75, 3.05) is 5.32 Å². The summed E-state index contributed by atoms with van der Waals surface area (Å²) in [7, 11) is 0. The van der Waals surface area contributed by atoms with Crippen LogP contribution >= 0.6 is 12.2 Å². The van der Waals surface area contributed by atoms with Crippen LogP contribution in [0.1, 0.15) is 5.56 Å². The van der Waals surface area contributed by atoms with E-state index < -0.39 is 0 Å². The first-order valence-electron chi connectivity index (χ1n) is 5.44. The predicted molar refractivity (Wildman–Crippen MR) is 77.3 cm³/mol. The topological polar surface area (TPSA) is 12.0 Å². The summed E-state index contributed by atoms with van der Waals surface area (Å²) in [6.07, 6.45) is 3.77. The van der Waals surface area contributed by atoms with E-state index in [1.54, 1.807) is 0 Å². The van der Waals surface area contributed by atoms with E-state index in [2.05, 4.69) is 5.32 Å². The molecule has 2 aromatic carbocycles. The summed E-state index contributed by atoms with van der Waals surface area (Å²) < 4.78 is 0. The van der Waals surface area contributed by atoms with E-state index in [4.69, 9.17) is 12.2 Å². The van der Waals surface area contributed by atoms with Gasteiger partial charge in [-0.25, -0.2) is 0 Å². The zero-order valence-electron chi connectivity index (χ0n) is 9.34. The lowest BCUT2D eigenvalue weighted by Crippen LogP contribution is -1.94. The van der Waals surface area contributed by atoms with Crippen LogP contribution in [0.15, 0.2) is 72.9 Å². The van der Waals surface area contributed by atoms with Crippen molar-refractivity contribution in [2.45, 2.75) is 0 Å². The molecule has 0 saturated carbocycles. The summed E-state index contributed by atoms with van der Waals surface area (Å²) in [6, 6.07) is 20.0. The second kappa shape index (κ2) is 5.97. The van der Waals surface area contributed by atoms with Gasteiger partial charge in [0.2, 0.25) is 0 Å². The van der Waals surface area contributed by atoms with Gasteiger partial charge in [0.1, 0.15) is 0 Å². The summed E-state index contributed by atoms with van der Waals surface area (Å²) in [4.78, 5) is 0.828. The summed E-state index contributed by atoms with van der Waals surface area (Å²) in [5, 5.41) is 3.18. The van der Waals surface area contributed by atoms with Crippen LogP contribution in [0.2, 0.25) is 0 Å². The largest absolute Gasteiger partial charge is 0.362 e. The van der Waals surface area contributed by atoms with Crippen molar-refractivity contribution in [2.24, 2.45) is 0 Å². The fourth-order valence-corrected chi connectivity index (χ4v) is 1.65. The Hall–Kier alpha value is -1.93. The molecule has 0 radical (unpaired) electrons. The van der Waals surface area contributed by atoms with Gasteiger partial charge in [-0.05, 0) is 23.8 Å². The Morgan fingerprint density at radius 2 is 1.47 bits per heavy atom. The van der Waals surface area contributed by atoms with Crippen LogP contribution in [0.5, 0.6) is 0 Å². The van der Waals surface area contributed by atoms with E-state index in [9.17, 15) is 0 Å². The van der Waals surface area contributed by atoms with E-state index in [1.165, 1.54) is 0 Å². The highest BCUT2D eigenvalue weighted by Gasteiger charge is 1.94. The second-order valence-electron chi connectivity index (χ2n) is 3.57. The molecule has 0 bridgehead atoms. The third-order valence-corrected chi connectivity index (χ3v) is 2.69. The quantitative estimate of drug-likeness (QED) is 0.491. The van der Waals surface area contributed by atoms with E-state index in [-0.39, 0.29) is 0 Å². The number of hydrogen-bond donors (Lipinski definition) is 1. The highest BCUT2D eigenvalue weighted by atomic mass is 32.1. The molecule has 2 heteroatoms. The van der Waals surface area contributed by atoms with Gasteiger partial charge in [-0.2, -0.15) is 0 Å². The molecule has 1 N–H and O–H groups in total. The number of rotatable bonds is 4. The summed E-state index contributed by atoms with van der Waals surface area (Å²) in [5.41, 5.74) is 2.12. The van der Waals surface area contributed by atoms with Gasteiger partial charge < -0.3 is 5.32 Å². The van der Waals surface area contributed by atoms with Crippen molar-refractivity contribution < 1.29 is 0 Å². The molecular formula is C15H13NS. The van der Waals surface area contributed by atoms with Crippen LogP contribution in [0, 0.1) is 0 Å². The molecule has 2 aromatic rings. The summed E-state index contributed by atoms with van der Waals surface area (Å²) in [6.45, 7) is 0. The first-order valence-corrected chi connectivity index (χ1v) is 5.84. The molecule has 0 aliphatic heterocycles.